The molecule has 0 bridgehead atoms. The van der Waals surface area contributed by atoms with Crippen molar-refractivity contribution in [1.82, 2.24) is 0 Å². The maximum absolute atomic E-state index is 4.06. The van der Waals surface area contributed by atoms with Crippen molar-refractivity contribution in [3.8, 4) is 0 Å². The monoisotopic (exact) mass is 124 g/mol. The first-order valence-corrected chi connectivity index (χ1v) is 2.85. The van der Waals surface area contributed by atoms with Crippen molar-refractivity contribution in [2.75, 3.05) is 0 Å². The Morgan fingerprint density at radius 1 is 1.44 bits per heavy atom. The Bertz CT molecular complexity index is 154. The van der Waals surface area contributed by atoms with Crippen molar-refractivity contribution in [2.45, 2.75) is 20.8 Å². The highest BCUT2D eigenvalue weighted by atomic mass is 14.9. The Kier molecular flexibility index (Phi) is 3.60. The van der Waals surface area contributed by atoms with E-state index in [9.17, 15) is 0 Å². The van der Waals surface area contributed by atoms with Gasteiger partial charge in [0, 0.05) is 5.70 Å². The first-order chi connectivity index (χ1) is 4.20. The highest BCUT2D eigenvalue weighted by Gasteiger charge is 1.81. The van der Waals surface area contributed by atoms with Gasteiger partial charge in [0.15, 0.2) is 0 Å². The van der Waals surface area contributed by atoms with Gasteiger partial charge >= 0.3 is 0 Å². The lowest BCUT2D eigenvalue weighted by molar-refractivity contribution is 1.26. The van der Waals surface area contributed by atoms with Crippen LogP contribution in [-0.4, -0.2) is 12.6 Å². The van der Waals surface area contributed by atoms with E-state index in [1.165, 1.54) is 0 Å². The van der Waals surface area contributed by atoms with E-state index in [0.29, 0.717) is 5.84 Å². The van der Waals surface area contributed by atoms with Gasteiger partial charge in [-0.2, -0.15) is 0 Å². The molecule has 0 radical (unpaired) electrons. The van der Waals surface area contributed by atoms with Crippen molar-refractivity contribution >= 4 is 12.6 Å². The molecule has 0 atom stereocenters. The minimum atomic E-state index is 0.714. The Balaban J connectivity index is 4.11. The minimum absolute atomic E-state index is 0.714. The predicted molar refractivity (Wildman–Crippen MR) is 42.1 cm³/mol. The highest BCUT2D eigenvalue weighted by Crippen LogP contribution is 1.93. The zero-order chi connectivity index (χ0) is 7.28. The topological polar surface area (TPSA) is 24.7 Å². The molecule has 2 heteroatoms. The van der Waals surface area contributed by atoms with E-state index in [1.54, 1.807) is 0 Å². The van der Waals surface area contributed by atoms with Crippen molar-refractivity contribution < 1.29 is 0 Å². The molecule has 0 spiro atoms. The van der Waals surface area contributed by atoms with Crippen molar-refractivity contribution in [2.24, 2.45) is 9.98 Å². The van der Waals surface area contributed by atoms with Gasteiger partial charge in [0.2, 0.25) is 0 Å². The van der Waals surface area contributed by atoms with E-state index < -0.39 is 0 Å². The Morgan fingerprint density at radius 3 is 2.33 bits per heavy atom. The van der Waals surface area contributed by atoms with Gasteiger partial charge in [-0.1, -0.05) is 6.08 Å². The Hall–Kier alpha value is -0.920. The quantitative estimate of drug-likeness (QED) is 0.377. The van der Waals surface area contributed by atoms with Crippen LogP contribution >= 0.6 is 0 Å². The summed E-state index contributed by atoms with van der Waals surface area (Å²) in [5.74, 6) is 0.714. The average molecular weight is 124 g/mol. The molecule has 0 heterocycles. The first-order valence-electron chi connectivity index (χ1n) is 2.85. The molecular formula is C7H12N2. The summed E-state index contributed by atoms with van der Waals surface area (Å²) in [6, 6.07) is 0. The van der Waals surface area contributed by atoms with E-state index in [-0.39, 0.29) is 0 Å². The largest absolute Gasteiger partial charge is 0.250 e. The summed E-state index contributed by atoms with van der Waals surface area (Å²) >= 11 is 0. The molecule has 9 heavy (non-hydrogen) atoms. The van der Waals surface area contributed by atoms with Crippen molar-refractivity contribution in [1.29, 1.82) is 0 Å². The molecule has 0 N–H and O–H groups in total. The second-order valence-corrected chi connectivity index (χ2v) is 1.75. The summed E-state index contributed by atoms with van der Waals surface area (Å²) in [5.41, 5.74) is 0.972. The Morgan fingerprint density at radius 2 is 2.00 bits per heavy atom. The molecule has 0 aromatic carbocycles. The average Bonchev–Trinajstić information content (AvgIpc) is 1.87. The van der Waals surface area contributed by atoms with Gasteiger partial charge in [-0.3, -0.25) is 0 Å². The van der Waals surface area contributed by atoms with Crippen LogP contribution in [0.2, 0.25) is 0 Å². The number of hydrogen-bond acceptors (Lipinski definition) is 1. The molecule has 0 aromatic heterocycles. The number of allylic oxidation sites excluding steroid dienone is 2. The molecule has 0 aliphatic carbocycles. The lowest BCUT2D eigenvalue weighted by atomic mass is 10.5. The summed E-state index contributed by atoms with van der Waals surface area (Å²) in [6.45, 7) is 9.02. The van der Waals surface area contributed by atoms with E-state index in [1.807, 2.05) is 26.8 Å². The predicted octanol–water partition coefficient (Wildman–Crippen LogP) is 2.03. The zero-order valence-electron chi connectivity index (χ0n) is 6.18. The summed E-state index contributed by atoms with van der Waals surface area (Å²) < 4.78 is 0. The molecule has 0 unspecified atom stereocenters. The fourth-order valence-electron chi connectivity index (χ4n) is 0.355. The van der Waals surface area contributed by atoms with Crippen LogP contribution in [0, 0.1) is 0 Å². The maximum Gasteiger partial charge on any atom is 0.124 e. The summed E-state index contributed by atoms with van der Waals surface area (Å²) in [7, 11) is 0. The second-order valence-electron chi connectivity index (χ2n) is 1.75. The SMILES string of the molecule is C=NC(C)=N/C(C)=C\C. The third-order valence-corrected chi connectivity index (χ3v) is 0.985. The molecule has 0 aliphatic rings. The van der Waals surface area contributed by atoms with Crippen LogP contribution in [0.4, 0.5) is 0 Å². The molecule has 0 fully saturated rings. The molecular weight excluding hydrogens is 112 g/mol. The Labute approximate surface area is 56.0 Å². The number of aliphatic imine (C=N–C) groups is 2. The molecule has 0 amide bonds. The molecule has 2 nitrogen and oxygen atoms in total. The van der Waals surface area contributed by atoms with E-state index in [4.69, 9.17) is 0 Å². The molecule has 0 saturated heterocycles. The van der Waals surface area contributed by atoms with Gasteiger partial charge in [0.25, 0.3) is 0 Å². The molecule has 0 saturated carbocycles. The third-order valence-electron chi connectivity index (χ3n) is 0.985. The minimum Gasteiger partial charge on any atom is -0.250 e. The summed E-state index contributed by atoms with van der Waals surface area (Å²) in [5, 5.41) is 0. The van der Waals surface area contributed by atoms with Gasteiger partial charge in [0.1, 0.15) is 5.84 Å². The number of rotatable bonds is 1. The second kappa shape index (κ2) is 4.01. The number of nitrogens with zero attached hydrogens (tertiary/aromatic N) is 2. The molecule has 0 rings (SSSR count). The van der Waals surface area contributed by atoms with Crippen LogP contribution in [0.3, 0.4) is 0 Å². The van der Waals surface area contributed by atoms with E-state index in [0.717, 1.165) is 5.70 Å². The molecule has 50 valence electrons. The van der Waals surface area contributed by atoms with Crippen LogP contribution in [0.5, 0.6) is 0 Å². The van der Waals surface area contributed by atoms with Crippen LogP contribution in [0.1, 0.15) is 20.8 Å². The number of amidine groups is 1. The first kappa shape index (κ1) is 8.08. The molecule has 0 aliphatic heterocycles. The fourth-order valence-corrected chi connectivity index (χ4v) is 0.355. The summed E-state index contributed by atoms with van der Waals surface area (Å²) in [6.07, 6.45) is 1.93. The maximum atomic E-state index is 4.06. The smallest absolute Gasteiger partial charge is 0.124 e. The van der Waals surface area contributed by atoms with Gasteiger partial charge in [-0.05, 0) is 27.5 Å². The van der Waals surface area contributed by atoms with Gasteiger partial charge in [0.05, 0.1) is 0 Å². The lowest BCUT2D eigenvalue weighted by Gasteiger charge is -1.89. The van der Waals surface area contributed by atoms with Crippen LogP contribution in [0.15, 0.2) is 21.8 Å². The van der Waals surface area contributed by atoms with Crippen molar-refractivity contribution in [3.63, 3.8) is 0 Å². The molecule has 0 aromatic rings. The van der Waals surface area contributed by atoms with Crippen LogP contribution < -0.4 is 0 Å². The number of hydrogen-bond donors (Lipinski definition) is 0. The fraction of sp³-hybridized carbons (Fsp3) is 0.429. The normalized spacial score (nSPS) is 13.7. The zero-order valence-corrected chi connectivity index (χ0v) is 6.18. The lowest BCUT2D eigenvalue weighted by Crippen LogP contribution is -1.82. The van der Waals surface area contributed by atoms with Crippen molar-refractivity contribution in [3.05, 3.63) is 11.8 Å². The highest BCUT2D eigenvalue weighted by molar-refractivity contribution is 5.84. The standard InChI is InChI=1S/C7H12N2/c1-5-6(2)9-7(3)8-4/h5H,4H2,1-3H3/b6-5-,9-7?. The summed E-state index contributed by atoms with van der Waals surface area (Å²) in [4.78, 5) is 7.70. The van der Waals surface area contributed by atoms with E-state index in [2.05, 4.69) is 16.7 Å². The van der Waals surface area contributed by atoms with E-state index >= 15 is 0 Å². The third kappa shape index (κ3) is 3.64. The van der Waals surface area contributed by atoms with Crippen LogP contribution in [-0.2, 0) is 0 Å². The van der Waals surface area contributed by atoms with Gasteiger partial charge in [-0.25, -0.2) is 9.98 Å². The van der Waals surface area contributed by atoms with Gasteiger partial charge < -0.3 is 0 Å². The van der Waals surface area contributed by atoms with Crippen LogP contribution in [0.25, 0.3) is 0 Å². The van der Waals surface area contributed by atoms with Gasteiger partial charge in [-0.15, -0.1) is 0 Å².